The number of para-hydroxylation sites is 1. The molecule has 0 unspecified atom stereocenters. The van der Waals surface area contributed by atoms with Crippen molar-refractivity contribution in [1.82, 2.24) is 5.27 Å². The van der Waals surface area contributed by atoms with Gasteiger partial charge in [-0.25, -0.2) is 0 Å². The van der Waals surface area contributed by atoms with Crippen LogP contribution in [-0.4, -0.2) is 16.9 Å². The van der Waals surface area contributed by atoms with Crippen molar-refractivity contribution in [3.8, 4) is 11.6 Å². The van der Waals surface area contributed by atoms with Crippen molar-refractivity contribution in [3.05, 3.63) is 59.6 Å². The minimum atomic E-state index is -0.580. The number of anilines is 1. The van der Waals surface area contributed by atoms with Crippen LogP contribution in [0.1, 0.15) is 0 Å². The lowest BCUT2D eigenvalue weighted by atomic mass is 10.3. The summed E-state index contributed by atoms with van der Waals surface area (Å²) in [4.78, 5) is 12.0. The Hall–Kier alpha value is -2.51. The van der Waals surface area contributed by atoms with Gasteiger partial charge in [0, 0.05) is 22.8 Å². The highest BCUT2D eigenvalue weighted by atomic mass is 35.5. The van der Waals surface area contributed by atoms with Gasteiger partial charge < -0.3 is 14.9 Å². The number of carbonyl (C=O) groups is 1. The molecule has 122 valence electrons. The van der Waals surface area contributed by atoms with Gasteiger partial charge in [-0.05, 0) is 40.7 Å². The molecule has 0 atom stereocenters. The number of carbonyl (C=O) groups excluding carboxylic acids is 1. The maximum Gasteiger partial charge on any atom is 0.298 e. The molecule has 0 radical (unpaired) electrons. The summed E-state index contributed by atoms with van der Waals surface area (Å²) in [5, 5.41) is 19.1. The van der Waals surface area contributed by atoms with Crippen LogP contribution in [-0.2, 0) is 4.79 Å². The van der Waals surface area contributed by atoms with E-state index >= 15 is 0 Å². The van der Waals surface area contributed by atoms with E-state index in [0.717, 1.165) is 11.8 Å². The number of nitrogens with one attached hydrogen (secondary N) is 1. The van der Waals surface area contributed by atoms with Gasteiger partial charge in [-0.15, -0.1) is 0 Å². The summed E-state index contributed by atoms with van der Waals surface area (Å²) in [5.41, 5.74) is 1.32. The molecule has 24 heavy (non-hydrogen) atoms. The second-order valence-electron chi connectivity index (χ2n) is 4.76. The average molecular weight is 362 g/mol. The number of hydrogen-bond donors (Lipinski definition) is 1. The highest BCUT2D eigenvalue weighted by molar-refractivity contribution is 7.99. The lowest BCUT2D eigenvalue weighted by molar-refractivity contribution is -0.705. The van der Waals surface area contributed by atoms with Crippen molar-refractivity contribution in [3.63, 3.8) is 0 Å². The molecule has 0 saturated carbocycles. The third kappa shape index (κ3) is 3.87. The number of rotatable bonds is 5. The summed E-state index contributed by atoms with van der Waals surface area (Å²) in [6.07, 6.45) is 0. The Balaban J connectivity index is 1.67. The zero-order valence-corrected chi connectivity index (χ0v) is 13.9. The van der Waals surface area contributed by atoms with Crippen molar-refractivity contribution in [2.75, 3.05) is 11.1 Å². The molecule has 0 aliphatic rings. The van der Waals surface area contributed by atoms with Crippen LogP contribution in [0.15, 0.2) is 64.1 Å². The number of amides is 1. The first-order chi connectivity index (χ1) is 11.6. The fourth-order valence-electron chi connectivity index (χ4n) is 1.96. The Morgan fingerprint density at radius 3 is 2.62 bits per heavy atom. The predicted molar refractivity (Wildman–Crippen MR) is 88.3 cm³/mol. The second-order valence-corrected chi connectivity index (χ2v) is 6.16. The Labute approximate surface area is 147 Å². The molecule has 2 aromatic carbocycles. The van der Waals surface area contributed by atoms with Crippen molar-refractivity contribution >= 4 is 35.0 Å². The van der Waals surface area contributed by atoms with Gasteiger partial charge >= 0.3 is 0 Å². The monoisotopic (exact) mass is 361 g/mol. The molecule has 1 amide bonds. The van der Waals surface area contributed by atoms with Crippen molar-refractivity contribution in [2.24, 2.45) is 0 Å². The second kappa shape index (κ2) is 7.37. The maximum absolute atomic E-state index is 12.0. The highest BCUT2D eigenvalue weighted by Crippen LogP contribution is 2.23. The zero-order valence-electron chi connectivity index (χ0n) is 12.3. The number of thioether (sulfide) groups is 1. The first kappa shape index (κ1) is 16.4. The predicted octanol–water partition coefficient (Wildman–Crippen LogP) is 2.41. The van der Waals surface area contributed by atoms with E-state index in [1.807, 2.05) is 18.2 Å². The fraction of sp³-hybridized carbons (Fsp3) is 0.0625. The molecular formula is C16H12ClN3O3S. The minimum absolute atomic E-state index is 0.0475. The standard InChI is InChI=1S/C16H12ClN3O3S/c17-11-6-8-12(9-7-11)18-14(21)10-24-15-16(22)23-19-20(15)13-4-2-1-3-5-13/h1-9H,10H2,(H-,18,19,21,22). The quantitative estimate of drug-likeness (QED) is 0.557. The molecule has 1 heterocycles. The molecule has 0 fully saturated rings. The molecule has 0 aliphatic carbocycles. The van der Waals surface area contributed by atoms with Crippen molar-refractivity contribution in [2.45, 2.75) is 5.03 Å². The smallest absolute Gasteiger partial charge is 0.298 e. The van der Waals surface area contributed by atoms with Crippen LogP contribution in [0, 0.1) is 0 Å². The molecule has 1 N–H and O–H groups in total. The lowest BCUT2D eigenvalue weighted by Crippen LogP contribution is -2.35. The van der Waals surface area contributed by atoms with Crippen molar-refractivity contribution < 1.29 is 19.1 Å². The Morgan fingerprint density at radius 2 is 1.92 bits per heavy atom. The molecule has 6 nitrogen and oxygen atoms in total. The third-order valence-electron chi connectivity index (χ3n) is 3.04. The van der Waals surface area contributed by atoms with Crippen LogP contribution in [0.5, 0.6) is 5.95 Å². The third-order valence-corrected chi connectivity index (χ3v) is 4.31. The molecule has 0 aliphatic heterocycles. The van der Waals surface area contributed by atoms with E-state index in [2.05, 4.69) is 10.6 Å². The van der Waals surface area contributed by atoms with E-state index in [-0.39, 0.29) is 16.7 Å². The summed E-state index contributed by atoms with van der Waals surface area (Å²) < 4.78 is 6.08. The Morgan fingerprint density at radius 1 is 1.21 bits per heavy atom. The number of halogens is 1. The first-order valence-corrected chi connectivity index (χ1v) is 8.32. The Kier molecular flexibility index (Phi) is 5.02. The fourth-order valence-corrected chi connectivity index (χ4v) is 2.84. The summed E-state index contributed by atoms with van der Waals surface area (Å²) in [5.74, 6) is -0.781. The van der Waals surface area contributed by atoms with Gasteiger partial charge in [-0.1, -0.05) is 29.8 Å². The van der Waals surface area contributed by atoms with Crippen LogP contribution in [0.4, 0.5) is 5.69 Å². The number of benzene rings is 2. The number of nitrogens with zero attached hydrogens (tertiary/aromatic N) is 2. The molecule has 0 spiro atoms. The van der Waals surface area contributed by atoms with Gasteiger partial charge in [0.05, 0.1) is 11.0 Å². The van der Waals surface area contributed by atoms with E-state index in [1.54, 1.807) is 36.4 Å². The van der Waals surface area contributed by atoms with Gasteiger partial charge in [-0.3, -0.25) is 4.79 Å². The van der Waals surface area contributed by atoms with Gasteiger partial charge in [0.2, 0.25) is 11.6 Å². The minimum Gasteiger partial charge on any atom is -0.538 e. The van der Waals surface area contributed by atoms with E-state index in [1.165, 1.54) is 4.68 Å². The normalized spacial score (nSPS) is 10.5. The summed E-state index contributed by atoms with van der Waals surface area (Å²) in [7, 11) is 0. The van der Waals surface area contributed by atoms with E-state index in [9.17, 15) is 9.90 Å². The van der Waals surface area contributed by atoms with Crippen LogP contribution in [0.3, 0.4) is 0 Å². The van der Waals surface area contributed by atoms with Gasteiger partial charge in [0.25, 0.3) is 5.03 Å². The highest BCUT2D eigenvalue weighted by Gasteiger charge is 2.21. The van der Waals surface area contributed by atoms with Gasteiger partial charge in [0.1, 0.15) is 0 Å². The topological polar surface area (TPSA) is 82.1 Å². The maximum atomic E-state index is 12.0. The number of aromatic nitrogens is 2. The van der Waals surface area contributed by atoms with Gasteiger partial charge in [0.15, 0.2) is 5.95 Å². The van der Waals surface area contributed by atoms with Gasteiger partial charge in [-0.2, -0.15) is 0 Å². The van der Waals surface area contributed by atoms with E-state index in [0.29, 0.717) is 16.4 Å². The molecule has 0 bridgehead atoms. The first-order valence-electron chi connectivity index (χ1n) is 6.96. The van der Waals surface area contributed by atoms with Crippen LogP contribution >= 0.6 is 23.4 Å². The molecule has 3 aromatic rings. The number of hydrogen-bond acceptors (Lipinski definition) is 5. The lowest BCUT2D eigenvalue weighted by Gasteiger charge is -2.04. The Bertz CT molecular complexity index is 838. The van der Waals surface area contributed by atoms with Crippen LogP contribution in [0.25, 0.3) is 5.69 Å². The molecule has 3 rings (SSSR count). The van der Waals surface area contributed by atoms with Crippen LogP contribution in [0.2, 0.25) is 5.02 Å². The van der Waals surface area contributed by atoms with Crippen molar-refractivity contribution in [1.29, 1.82) is 0 Å². The molecule has 1 aromatic heterocycles. The summed E-state index contributed by atoms with van der Waals surface area (Å²) in [6, 6.07) is 15.9. The van der Waals surface area contributed by atoms with E-state index in [4.69, 9.17) is 16.1 Å². The van der Waals surface area contributed by atoms with Crippen LogP contribution < -0.4 is 15.1 Å². The SMILES string of the molecule is O=C(CSc1c([O-])on[n+]1-c1ccccc1)Nc1ccc(Cl)cc1. The zero-order chi connectivity index (χ0) is 16.9. The summed E-state index contributed by atoms with van der Waals surface area (Å²) >= 11 is 6.86. The molecular weight excluding hydrogens is 350 g/mol. The molecule has 0 saturated heterocycles. The molecule has 8 heteroatoms. The largest absolute Gasteiger partial charge is 0.538 e. The average Bonchev–Trinajstić information content (AvgIpc) is 2.97. The summed E-state index contributed by atoms with van der Waals surface area (Å²) in [6.45, 7) is 0. The van der Waals surface area contributed by atoms with E-state index < -0.39 is 5.95 Å².